The predicted octanol–water partition coefficient (Wildman–Crippen LogP) is 5.20. The number of esters is 1. The second-order valence-electron chi connectivity index (χ2n) is 16.2. The highest BCUT2D eigenvalue weighted by atomic mass is 16.7. The Morgan fingerprint density at radius 1 is 0.918 bits per heavy atom. The minimum Gasteiger partial charge on any atom is -0.489 e. The zero-order chi connectivity index (χ0) is 36.6. The third kappa shape index (κ3) is 8.67. The molecule has 2 bridgehead atoms. The fourth-order valence-corrected chi connectivity index (χ4v) is 8.88. The minimum absolute atomic E-state index is 0.124. The van der Waals surface area contributed by atoms with E-state index in [0.717, 1.165) is 17.9 Å². The van der Waals surface area contributed by atoms with Gasteiger partial charge in [-0.15, -0.1) is 0 Å². The van der Waals surface area contributed by atoms with Crippen molar-refractivity contribution in [3.05, 3.63) is 11.3 Å². The lowest BCUT2D eigenvalue weighted by Crippen LogP contribution is -2.59. The van der Waals surface area contributed by atoms with Crippen LogP contribution in [0.25, 0.3) is 0 Å². The Bertz CT molecular complexity index is 1150. The van der Waals surface area contributed by atoms with Gasteiger partial charge in [-0.2, -0.15) is 0 Å². The zero-order valence-electron chi connectivity index (χ0n) is 32.4. The number of carbonyl (C=O) groups excluding carboxylic acids is 1. The molecule has 3 saturated heterocycles. The average molecular weight is 698 g/mol. The number of aliphatic hydroxyl groups is 2. The van der Waals surface area contributed by atoms with Crippen LogP contribution in [0.15, 0.2) is 11.3 Å². The Kier molecular flexibility index (Phi) is 13.3. The van der Waals surface area contributed by atoms with E-state index in [0.29, 0.717) is 32.1 Å². The molecule has 0 aliphatic carbocycles. The van der Waals surface area contributed by atoms with Crippen LogP contribution in [0.5, 0.6) is 0 Å². The molecule has 2 N–H and O–H groups in total. The molecule has 4 rings (SSSR count). The molecule has 4 heterocycles. The Morgan fingerprint density at radius 3 is 2.20 bits per heavy atom. The van der Waals surface area contributed by atoms with Gasteiger partial charge in [0, 0.05) is 50.2 Å². The number of nitrogens with zero attached hydrogens (tertiary/aromatic N) is 1. The monoisotopic (exact) mass is 697 g/mol. The second-order valence-corrected chi connectivity index (χ2v) is 16.2. The van der Waals surface area contributed by atoms with Crippen LogP contribution in [0.1, 0.15) is 108 Å². The van der Waals surface area contributed by atoms with Gasteiger partial charge in [-0.3, -0.25) is 4.79 Å². The Labute approximate surface area is 295 Å². The zero-order valence-corrected chi connectivity index (χ0v) is 32.4. The van der Waals surface area contributed by atoms with Crippen LogP contribution in [0, 0.1) is 23.7 Å². The smallest absolute Gasteiger partial charge is 0.311 e. The lowest BCUT2D eigenvalue weighted by Gasteiger charge is -2.48. The van der Waals surface area contributed by atoms with Crippen LogP contribution in [0.4, 0.5) is 0 Å². The highest BCUT2D eigenvalue weighted by Crippen LogP contribution is 2.47. The van der Waals surface area contributed by atoms with Gasteiger partial charge in [-0.25, -0.2) is 0 Å². The molecule has 0 aromatic carbocycles. The third-order valence-corrected chi connectivity index (χ3v) is 12.0. The summed E-state index contributed by atoms with van der Waals surface area (Å²) in [5.41, 5.74) is -0.370. The maximum absolute atomic E-state index is 14.1. The number of methoxy groups -OCH3 is 1. The summed E-state index contributed by atoms with van der Waals surface area (Å²) in [4.78, 5) is 16.2. The highest BCUT2D eigenvalue weighted by Gasteiger charge is 2.54. The van der Waals surface area contributed by atoms with Crippen molar-refractivity contribution in [3.8, 4) is 0 Å². The average Bonchev–Trinajstić information content (AvgIpc) is 3.37. The first-order valence-corrected chi connectivity index (χ1v) is 18.7. The quantitative estimate of drug-likeness (QED) is 0.326. The number of cyclic esters (lactones) is 1. The molecular weight excluding hydrogens is 630 g/mol. The fourth-order valence-electron chi connectivity index (χ4n) is 8.88. The van der Waals surface area contributed by atoms with E-state index in [-0.39, 0.29) is 30.1 Å². The van der Waals surface area contributed by atoms with Gasteiger partial charge in [-0.05, 0) is 73.5 Å². The molecular formula is C38H67NO10. The van der Waals surface area contributed by atoms with E-state index < -0.39 is 72.1 Å². The Hall–Kier alpha value is -1.31. The van der Waals surface area contributed by atoms with Gasteiger partial charge in [0.2, 0.25) is 0 Å². The maximum Gasteiger partial charge on any atom is 0.311 e. The summed E-state index contributed by atoms with van der Waals surface area (Å²) in [5.74, 6) is -1.60. The first kappa shape index (κ1) is 40.5. The lowest BCUT2D eigenvalue weighted by molar-refractivity contribution is -0.309. The molecule has 4 aliphatic heterocycles. The van der Waals surface area contributed by atoms with Crippen LogP contribution < -0.4 is 0 Å². The molecule has 0 radical (unpaired) electrons. The standard InChI is InChI=1S/C38H67NO10/c1-14-28-23(6)30(40)24(7)32-20(3)17-38(11,49-32)34(48-36-31(41)27(39(12)15-2)16-21(4)45-36)25(8)33(26(9)35(42)46-28)47-29-19-37(10,43-13)18-22(5)44-29/h21-31,33-34,36,40-41H,14-19H2,1-13H3/t21?,22?,23-,24+,25-,26+,27?,28+,29?,30-,31?,33-,34+,36?,37?,38+/m0/s1. The molecule has 284 valence electrons. The van der Waals surface area contributed by atoms with Crippen molar-refractivity contribution >= 4 is 5.97 Å². The van der Waals surface area contributed by atoms with Gasteiger partial charge in [0.25, 0.3) is 0 Å². The van der Waals surface area contributed by atoms with Crippen molar-refractivity contribution in [1.29, 1.82) is 0 Å². The van der Waals surface area contributed by atoms with E-state index in [1.807, 2.05) is 69.4 Å². The molecule has 3 fully saturated rings. The van der Waals surface area contributed by atoms with Crippen molar-refractivity contribution in [3.63, 3.8) is 0 Å². The van der Waals surface area contributed by atoms with Gasteiger partial charge in [0.15, 0.2) is 12.6 Å². The molecule has 16 atom stereocenters. The van der Waals surface area contributed by atoms with E-state index in [2.05, 4.69) is 18.7 Å². The summed E-state index contributed by atoms with van der Waals surface area (Å²) >= 11 is 0. The van der Waals surface area contributed by atoms with E-state index in [4.69, 9.17) is 33.2 Å². The van der Waals surface area contributed by atoms with Gasteiger partial charge in [-0.1, -0.05) is 34.6 Å². The van der Waals surface area contributed by atoms with Crippen molar-refractivity contribution in [2.45, 2.75) is 181 Å². The summed E-state index contributed by atoms with van der Waals surface area (Å²) in [6.07, 6.45) is -2.63. The van der Waals surface area contributed by atoms with Gasteiger partial charge < -0.3 is 48.3 Å². The normalized spacial score (nSPS) is 47.2. The number of ether oxygens (including phenoxy) is 7. The van der Waals surface area contributed by atoms with Crippen LogP contribution in [0.3, 0.4) is 0 Å². The summed E-state index contributed by atoms with van der Waals surface area (Å²) in [6, 6.07) is -0.163. The van der Waals surface area contributed by atoms with E-state index in [1.165, 1.54) is 0 Å². The van der Waals surface area contributed by atoms with Crippen LogP contribution in [-0.2, 0) is 38.0 Å². The van der Waals surface area contributed by atoms with E-state index in [1.54, 1.807) is 7.11 Å². The number of likely N-dealkylation sites (N-methyl/N-ethyl adjacent to an activating group) is 1. The Morgan fingerprint density at radius 2 is 1.59 bits per heavy atom. The molecule has 11 nitrogen and oxygen atoms in total. The first-order chi connectivity index (χ1) is 22.9. The second kappa shape index (κ2) is 16.1. The molecule has 7 unspecified atom stereocenters. The molecule has 0 amide bonds. The number of hydrogen-bond acceptors (Lipinski definition) is 11. The summed E-state index contributed by atoms with van der Waals surface area (Å²) in [6.45, 7) is 22.6. The summed E-state index contributed by atoms with van der Waals surface area (Å²) in [5, 5.41) is 23.3. The number of carbonyl (C=O) groups is 1. The molecule has 0 spiro atoms. The van der Waals surface area contributed by atoms with Crippen LogP contribution in [0.2, 0.25) is 0 Å². The number of aliphatic hydroxyl groups excluding tert-OH is 2. The van der Waals surface area contributed by atoms with Gasteiger partial charge in [0.05, 0.1) is 35.9 Å². The first-order valence-electron chi connectivity index (χ1n) is 18.7. The summed E-state index contributed by atoms with van der Waals surface area (Å²) in [7, 11) is 3.70. The van der Waals surface area contributed by atoms with Crippen molar-refractivity contribution in [2.24, 2.45) is 23.7 Å². The topological polar surface area (TPSA) is 125 Å². The van der Waals surface area contributed by atoms with E-state index >= 15 is 0 Å². The van der Waals surface area contributed by atoms with Crippen LogP contribution in [-0.4, -0.2) is 114 Å². The Balaban J connectivity index is 1.81. The molecule has 0 aromatic rings. The van der Waals surface area contributed by atoms with Gasteiger partial charge >= 0.3 is 5.97 Å². The van der Waals surface area contributed by atoms with E-state index in [9.17, 15) is 15.0 Å². The lowest BCUT2D eigenvalue weighted by atomic mass is 9.79. The fraction of sp³-hybridized carbons (Fsp3) is 0.921. The number of hydrogen-bond donors (Lipinski definition) is 2. The molecule has 11 heteroatoms. The molecule has 0 aromatic heterocycles. The van der Waals surface area contributed by atoms with Gasteiger partial charge in [0.1, 0.15) is 29.7 Å². The maximum atomic E-state index is 14.1. The SMILES string of the molecule is CC[C@H]1OC(=O)[C@H](C)[C@@H](OC2CC(C)(OC)CC(C)O2)[C@H](C)[C@@H](OC2OC(C)CC(N(C)CC)C2O)[C@@]2(C)CC(C)=C(O2)[C@H](C)[C@@H](O)[C@H]1C. The molecule has 0 saturated carbocycles. The largest absolute Gasteiger partial charge is 0.489 e. The van der Waals surface area contributed by atoms with Crippen molar-refractivity contribution in [1.82, 2.24) is 4.90 Å². The highest BCUT2D eigenvalue weighted by molar-refractivity contribution is 5.73. The predicted molar refractivity (Wildman–Crippen MR) is 185 cm³/mol. The van der Waals surface area contributed by atoms with Crippen LogP contribution >= 0.6 is 0 Å². The molecule has 49 heavy (non-hydrogen) atoms. The van der Waals surface area contributed by atoms with Crippen molar-refractivity contribution in [2.75, 3.05) is 20.7 Å². The van der Waals surface area contributed by atoms with Crippen molar-refractivity contribution < 1.29 is 48.2 Å². The number of rotatable bonds is 8. The summed E-state index contributed by atoms with van der Waals surface area (Å²) < 4.78 is 45.6. The minimum atomic E-state index is -0.950. The molecule has 4 aliphatic rings. The number of fused-ring (bicyclic) bond motifs is 2. The third-order valence-electron chi connectivity index (χ3n) is 12.0.